The average molecular weight is 337 g/mol. The highest BCUT2D eigenvalue weighted by atomic mass is 16.5. The lowest BCUT2D eigenvalue weighted by atomic mass is 10.1. The SMILES string of the molecule is CCOc1ccc(-n2nnnc2CNC(=O)c2cccc(C)c2)cc1. The number of hydrogen-bond acceptors (Lipinski definition) is 5. The molecule has 0 bridgehead atoms. The van der Waals surface area contributed by atoms with Gasteiger partial charge in [0.2, 0.25) is 0 Å². The van der Waals surface area contributed by atoms with Gasteiger partial charge in [-0.05, 0) is 60.7 Å². The molecule has 7 nitrogen and oxygen atoms in total. The molecule has 3 aromatic rings. The topological polar surface area (TPSA) is 81.9 Å². The molecule has 0 saturated heterocycles. The van der Waals surface area contributed by atoms with Gasteiger partial charge in [0.1, 0.15) is 5.75 Å². The number of amides is 1. The van der Waals surface area contributed by atoms with Crippen molar-refractivity contribution in [2.24, 2.45) is 0 Å². The summed E-state index contributed by atoms with van der Waals surface area (Å²) in [6.07, 6.45) is 0. The van der Waals surface area contributed by atoms with Crippen LogP contribution in [0.15, 0.2) is 48.5 Å². The summed E-state index contributed by atoms with van der Waals surface area (Å²) in [4.78, 5) is 12.3. The average Bonchev–Trinajstić information content (AvgIpc) is 3.09. The standard InChI is InChI=1S/C18H19N5O2/c1-3-25-16-9-7-15(8-10-16)23-17(20-21-22-23)12-19-18(24)14-6-4-5-13(2)11-14/h4-11H,3,12H2,1-2H3,(H,19,24). The summed E-state index contributed by atoms with van der Waals surface area (Å²) in [7, 11) is 0. The zero-order chi connectivity index (χ0) is 17.6. The molecule has 3 rings (SSSR count). The molecule has 1 N–H and O–H groups in total. The molecule has 0 aliphatic heterocycles. The van der Waals surface area contributed by atoms with Crippen molar-refractivity contribution >= 4 is 5.91 Å². The van der Waals surface area contributed by atoms with Gasteiger partial charge < -0.3 is 10.1 Å². The molecule has 0 fully saturated rings. The van der Waals surface area contributed by atoms with Crippen LogP contribution >= 0.6 is 0 Å². The molecular formula is C18H19N5O2. The van der Waals surface area contributed by atoms with Crippen LogP contribution in [0.2, 0.25) is 0 Å². The van der Waals surface area contributed by atoms with E-state index in [0.29, 0.717) is 18.0 Å². The van der Waals surface area contributed by atoms with Crippen LogP contribution < -0.4 is 10.1 Å². The van der Waals surface area contributed by atoms with Crippen LogP contribution in [0.4, 0.5) is 0 Å². The number of hydrogen-bond donors (Lipinski definition) is 1. The first-order chi connectivity index (χ1) is 12.2. The third kappa shape index (κ3) is 4.00. The van der Waals surface area contributed by atoms with Gasteiger partial charge in [-0.15, -0.1) is 5.10 Å². The second-order valence-corrected chi connectivity index (χ2v) is 5.49. The van der Waals surface area contributed by atoms with Crippen molar-refractivity contribution < 1.29 is 9.53 Å². The summed E-state index contributed by atoms with van der Waals surface area (Å²) in [5, 5.41) is 14.5. The van der Waals surface area contributed by atoms with Gasteiger partial charge in [-0.2, -0.15) is 4.68 Å². The number of tetrazole rings is 1. The van der Waals surface area contributed by atoms with Crippen LogP contribution in [0.1, 0.15) is 28.7 Å². The zero-order valence-corrected chi connectivity index (χ0v) is 14.1. The van der Waals surface area contributed by atoms with Crippen molar-refractivity contribution in [2.75, 3.05) is 6.61 Å². The molecule has 0 spiro atoms. The maximum atomic E-state index is 12.3. The van der Waals surface area contributed by atoms with Crippen molar-refractivity contribution in [1.29, 1.82) is 0 Å². The molecule has 0 aliphatic rings. The molecule has 25 heavy (non-hydrogen) atoms. The van der Waals surface area contributed by atoms with E-state index < -0.39 is 0 Å². The van der Waals surface area contributed by atoms with Crippen LogP contribution in [0, 0.1) is 6.92 Å². The molecule has 1 amide bonds. The monoisotopic (exact) mass is 337 g/mol. The maximum absolute atomic E-state index is 12.3. The Morgan fingerprint density at radius 3 is 2.72 bits per heavy atom. The van der Waals surface area contributed by atoms with Crippen LogP contribution in [0.25, 0.3) is 5.69 Å². The van der Waals surface area contributed by atoms with Crippen LogP contribution in [-0.4, -0.2) is 32.7 Å². The van der Waals surface area contributed by atoms with E-state index in [9.17, 15) is 4.79 Å². The van der Waals surface area contributed by atoms with E-state index in [4.69, 9.17) is 4.74 Å². The van der Waals surface area contributed by atoms with Crippen molar-refractivity contribution in [1.82, 2.24) is 25.5 Å². The fourth-order valence-corrected chi connectivity index (χ4v) is 2.41. The molecule has 128 valence electrons. The first-order valence-electron chi connectivity index (χ1n) is 8.02. The van der Waals surface area contributed by atoms with Gasteiger partial charge in [-0.3, -0.25) is 4.79 Å². The normalized spacial score (nSPS) is 10.5. The number of carbonyl (C=O) groups excluding carboxylic acids is 1. The van der Waals surface area contributed by atoms with E-state index >= 15 is 0 Å². The van der Waals surface area contributed by atoms with Gasteiger partial charge in [0.05, 0.1) is 18.8 Å². The fraction of sp³-hybridized carbons (Fsp3) is 0.222. The Labute approximate surface area is 145 Å². The van der Waals surface area contributed by atoms with Crippen molar-refractivity contribution in [2.45, 2.75) is 20.4 Å². The Bertz CT molecular complexity index is 858. The number of rotatable bonds is 6. The smallest absolute Gasteiger partial charge is 0.251 e. The number of nitrogens with one attached hydrogen (secondary N) is 1. The molecule has 0 aliphatic carbocycles. The van der Waals surface area contributed by atoms with Crippen molar-refractivity contribution in [3.05, 3.63) is 65.5 Å². The van der Waals surface area contributed by atoms with E-state index in [-0.39, 0.29) is 12.5 Å². The predicted octanol–water partition coefficient (Wildman–Crippen LogP) is 2.30. The lowest BCUT2D eigenvalue weighted by Gasteiger charge is -2.08. The summed E-state index contributed by atoms with van der Waals surface area (Å²) < 4.78 is 7.02. The van der Waals surface area contributed by atoms with E-state index in [1.807, 2.05) is 56.3 Å². The van der Waals surface area contributed by atoms with E-state index in [0.717, 1.165) is 17.0 Å². The zero-order valence-electron chi connectivity index (χ0n) is 14.1. The Kier molecular flexibility index (Phi) is 5.03. The highest BCUT2D eigenvalue weighted by molar-refractivity contribution is 5.94. The Morgan fingerprint density at radius 2 is 2.00 bits per heavy atom. The molecule has 0 unspecified atom stereocenters. The highest BCUT2D eigenvalue weighted by Crippen LogP contribution is 2.15. The van der Waals surface area contributed by atoms with Crippen LogP contribution in [0.5, 0.6) is 5.75 Å². The Hall–Kier alpha value is -3.22. The quantitative estimate of drug-likeness (QED) is 0.746. The number of aromatic nitrogens is 4. The minimum absolute atomic E-state index is 0.162. The first kappa shape index (κ1) is 16.6. The fourth-order valence-electron chi connectivity index (χ4n) is 2.41. The third-order valence-corrected chi connectivity index (χ3v) is 3.61. The predicted molar refractivity (Wildman–Crippen MR) is 92.7 cm³/mol. The van der Waals surface area contributed by atoms with Gasteiger partial charge in [0.25, 0.3) is 5.91 Å². The molecule has 0 atom stereocenters. The van der Waals surface area contributed by atoms with E-state index in [2.05, 4.69) is 20.8 Å². The first-order valence-corrected chi connectivity index (χ1v) is 8.02. The van der Waals surface area contributed by atoms with E-state index in [1.165, 1.54) is 0 Å². The number of benzene rings is 2. The number of carbonyl (C=O) groups is 1. The largest absolute Gasteiger partial charge is 0.494 e. The van der Waals surface area contributed by atoms with Gasteiger partial charge in [-0.25, -0.2) is 0 Å². The summed E-state index contributed by atoms with van der Waals surface area (Å²) in [5.41, 5.74) is 2.44. The van der Waals surface area contributed by atoms with Gasteiger partial charge in [0.15, 0.2) is 5.82 Å². The Morgan fingerprint density at radius 1 is 1.20 bits per heavy atom. The van der Waals surface area contributed by atoms with Gasteiger partial charge >= 0.3 is 0 Å². The summed E-state index contributed by atoms with van der Waals surface area (Å²) in [6, 6.07) is 14.9. The lowest BCUT2D eigenvalue weighted by Crippen LogP contribution is -2.24. The summed E-state index contributed by atoms with van der Waals surface area (Å²) in [5.74, 6) is 1.17. The van der Waals surface area contributed by atoms with E-state index in [1.54, 1.807) is 10.7 Å². The summed E-state index contributed by atoms with van der Waals surface area (Å²) >= 11 is 0. The maximum Gasteiger partial charge on any atom is 0.251 e. The Balaban J connectivity index is 1.70. The molecule has 0 radical (unpaired) electrons. The number of ether oxygens (including phenoxy) is 1. The second-order valence-electron chi connectivity index (χ2n) is 5.49. The van der Waals surface area contributed by atoms with Crippen molar-refractivity contribution in [3.63, 3.8) is 0 Å². The number of aryl methyl sites for hydroxylation is 1. The molecule has 7 heteroatoms. The number of nitrogens with zero attached hydrogens (tertiary/aromatic N) is 4. The molecule has 1 aromatic heterocycles. The third-order valence-electron chi connectivity index (χ3n) is 3.61. The molecule has 0 saturated carbocycles. The van der Waals surface area contributed by atoms with Crippen LogP contribution in [-0.2, 0) is 6.54 Å². The second kappa shape index (κ2) is 7.57. The van der Waals surface area contributed by atoms with Gasteiger partial charge in [-0.1, -0.05) is 17.7 Å². The van der Waals surface area contributed by atoms with Crippen molar-refractivity contribution in [3.8, 4) is 11.4 Å². The molecular weight excluding hydrogens is 318 g/mol. The lowest BCUT2D eigenvalue weighted by molar-refractivity contribution is 0.0949. The highest BCUT2D eigenvalue weighted by Gasteiger charge is 2.11. The summed E-state index contributed by atoms with van der Waals surface area (Å²) in [6.45, 7) is 4.72. The molecule has 1 heterocycles. The minimum Gasteiger partial charge on any atom is -0.494 e. The molecule has 2 aromatic carbocycles. The van der Waals surface area contributed by atoms with Crippen LogP contribution in [0.3, 0.4) is 0 Å². The van der Waals surface area contributed by atoms with Gasteiger partial charge in [0, 0.05) is 5.56 Å². The minimum atomic E-state index is -0.162.